The summed E-state index contributed by atoms with van der Waals surface area (Å²) in [6.45, 7) is 9.19. The van der Waals surface area contributed by atoms with Gasteiger partial charge in [-0.2, -0.15) is 0 Å². The molecular formula is C12H24N2O2. The van der Waals surface area contributed by atoms with Gasteiger partial charge in [0, 0.05) is 6.54 Å². The Balaban J connectivity index is 2.78. The van der Waals surface area contributed by atoms with Gasteiger partial charge in [0.05, 0.1) is 24.3 Å². The molecule has 1 fully saturated rings. The number of nitrogens with zero attached hydrogens (tertiary/aromatic N) is 1. The van der Waals surface area contributed by atoms with Crippen LogP contribution in [0.2, 0.25) is 0 Å². The highest BCUT2D eigenvalue weighted by molar-refractivity contribution is 5.86. The van der Waals surface area contributed by atoms with E-state index in [0.717, 1.165) is 0 Å². The Labute approximate surface area is 98.1 Å². The van der Waals surface area contributed by atoms with Crippen LogP contribution in [-0.2, 0) is 9.53 Å². The molecule has 1 aliphatic rings. The van der Waals surface area contributed by atoms with E-state index in [0.29, 0.717) is 26.0 Å². The van der Waals surface area contributed by atoms with Gasteiger partial charge < -0.3 is 15.4 Å². The van der Waals surface area contributed by atoms with Crippen molar-refractivity contribution in [2.24, 2.45) is 5.73 Å². The zero-order chi connectivity index (χ0) is 12.3. The summed E-state index contributed by atoms with van der Waals surface area (Å²) < 4.78 is 5.52. The summed E-state index contributed by atoms with van der Waals surface area (Å²) in [5, 5.41) is 0. The molecule has 2 unspecified atom stereocenters. The maximum absolute atomic E-state index is 12.4. The van der Waals surface area contributed by atoms with Crippen LogP contribution in [0.25, 0.3) is 0 Å². The van der Waals surface area contributed by atoms with Crippen molar-refractivity contribution in [2.75, 3.05) is 13.2 Å². The van der Waals surface area contributed by atoms with Crippen molar-refractivity contribution in [3.8, 4) is 0 Å². The third kappa shape index (κ3) is 2.55. The Morgan fingerprint density at radius 3 is 2.50 bits per heavy atom. The van der Waals surface area contributed by atoms with Crippen molar-refractivity contribution < 1.29 is 9.53 Å². The summed E-state index contributed by atoms with van der Waals surface area (Å²) in [5.41, 5.74) is 5.44. The van der Waals surface area contributed by atoms with E-state index in [-0.39, 0.29) is 18.1 Å². The normalized spacial score (nSPS) is 26.9. The van der Waals surface area contributed by atoms with Crippen LogP contribution in [0.1, 0.15) is 40.5 Å². The molecule has 2 N–H and O–H groups in total. The van der Waals surface area contributed by atoms with E-state index in [1.807, 2.05) is 32.6 Å². The number of amides is 1. The molecule has 0 aromatic heterocycles. The first-order valence-electron chi connectivity index (χ1n) is 6.16. The highest BCUT2D eigenvalue weighted by Crippen LogP contribution is 2.20. The number of hydrogen-bond acceptors (Lipinski definition) is 3. The Hall–Kier alpha value is -0.610. The second-order valence-electron chi connectivity index (χ2n) is 4.81. The lowest BCUT2D eigenvalue weighted by Crippen LogP contribution is -2.60. The summed E-state index contributed by atoms with van der Waals surface area (Å²) in [7, 11) is 0. The highest BCUT2D eigenvalue weighted by atomic mass is 16.5. The Morgan fingerprint density at radius 1 is 1.44 bits per heavy atom. The molecule has 1 aliphatic heterocycles. The smallest absolute Gasteiger partial charge is 0.243 e. The third-order valence-electron chi connectivity index (χ3n) is 3.56. The Bertz CT molecular complexity index is 251. The summed E-state index contributed by atoms with van der Waals surface area (Å²) in [6, 6.07) is 0.129. The molecule has 4 nitrogen and oxygen atoms in total. The van der Waals surface area contributed by atoms with Gasteiger partial charge in [-0.25, -0.2) is 0 Å². The van der Waals surface area contributed by atoms with E-state index in [1.165, 1.54) is 0 Å². The maximum atomic E-state index is 12.4. The molecule has 1 heterocycles. The van der Waals surface area contributed by atoms with Crippen molar-refractivity contribution in [2.45, 2.75) is 58.2 Å². The summed E-state index contributed by atoms with van der Waals surface area (Å²) >= 11 is 0. The van der Waals surface area contributed by atoms with Gasteiger partial charge in [0.25, 0.3) is 0 Å². The molecule has 0 aromatic carbocycles. The molecule has 0 aromatic rings. The van der Waals surface area contributed by atoms with E-state index in [2.05, 4.69) is 0 Å². The van der Waals surface area contributed by atoms with Crippen LogP contribution in [0.3, 0.4) is 0 Å². The molecule has 4 heteroatoms. The van der Waals surface area contributed by atoms with E-state index in [9.17, 15) is 4.79 Å². The molecular weight excluding hydrogens is 204 g/mol. The van der Waals surface area contributed by atoms with E-state index in [1.54, 1.807) is 0 Å². The fraction of sp³-hybridized carbons (Fsp3) is 0.917. The first kappa shape index (κ1) is 13.5. The van der Waals surface area contributed by atoms with Crippen molar-refractivity contribution in [3.05, 3.63) is 0 Å². The summed E-state index contributed by atoms with van der Waals surface area (Å²) in [4.78, 5) is 14.3. The number of carbonyl (C=O) groups excluding carboxylic acids is 1. The number of nitrogens with two attached hydrogens (primary N) is 1. The SMILES string of the molecule is CCC(N)(CC)C(=O)N1CC(C)OCC1C. The quantitative estimate of drug-likeness (QED) is 0.788. The fourth-order valence-electron chi connectivity index (χ4n) is 2.02. The van der Waals surface area contributed by atoms with Gasteiger partial charge in [-0.15, -0.1) is 0 Å². The lowest BCUT2D eigenvalue weighted by molar-refractivity contribution is -0.149. The van der Waals surface area contributed by atoms with Crippen LogP contribution in [0.15, 0.2) is 0 Å². The van der Waals surface area contributed by atoms with E-state index < -0.39 is 5.54 Å². The van der Waals surface area contributed by atoms with Crippen molar-refractivity contribution in [1.82, 2.24) is 4.90 Å². The highest BCUT2D eigenvalue weighted by Gasteiger charge is 2.38. The minimum atomic E-state index is -0.703. The van der Waals surface area contributed by atoms with Crippen LogP contribution in [-0.4, -0.2) is 41.6 Å². The van der Waals surface area contributed by atoms with Crippen molar-refractivity contribution >= 4 is 5.91 Å². The van der Waals surface area contributed by atoms with E-state index in [4.69, 9.17) is 10.5 Å². The van der Waals surface area contributed by atoms with E-state index >= 15 is 0 Å². The number of rotatable bonds is 3. The first-order valence-corrected chi connectivity index (χ1v) is 6.16. The lowest BCUT2D eigenvalue weighted by Gasteiger charge is -2.41. The second-order valence-corrected chi connectivity index (χ2v) is 4.81. The molecule has 1 saturated heterocycles. The van der Waals surface area contributed by atoms with Gasteiger partial charge in [-0.3, -0.25) is 4.79 Å². The summed E-state index contributed by atoms with van der Waals surface area (Å²) in [6.07, 6.45) is 1.47. The maximum Gasteiger partial charge on any atom is 0.243 e. The Morgan fingerprint density at radius 2 is 2.00 bits per heavy atom. The van der Waals surface area contributed by atoms with Crippen molar-refractivity contribution in [1.29, 1.82) is 0 Å². The predicted octanol–water partition coefficient (Wildman–Crippen LogP) is 1.14. The number of hydrogen-bond donors (Lipinski definition) is 1. The lowest BCUT2D eigenvalue weighted by atomic mass is 9.91. The predicted molar refractivity (Wildman–Crippen MR) is 64.1 cm³/mol. The van der Waals surface area contributed by atoms with Gasteiger partial charge in [0.15, 0.2) is 0 Å². The molecule has 94 valence electrons. The topological polar surface area (TPSA) is 55.6 Å². The standard InChI is InChI=1S/C12H24N2O2/c1-5-12(13,6-2)11(15)14-7-10(4)16-8-9(14)3/h9-10H,5-8,13H2,1-4H3. The zero-order valence-corrected chi connectivity index (χ0v) is 10.8. The minimum Gasteiger partial charge on any atom is -0.375 e. The first-order chi connectivity index (χ1) is 7.44. The third-order valence-corrected chi connectivity index (χ3v) is 3.56. The monoisotopic (exact) mass is 228 g/mol. The largest absolute Gasteiger partial charge is 0.375 e. The average Bonchev–Trinajstić information content (AvgIpc) is 2.30. The van der Waals surface area contributed by atoms with Gasteiger partial charge in [-0.05, 0) is 26.7 Å². The van der Waals surface area contributed by atoms with Gasteiger partial charge in [0.1, 0.15) is 0 Å². The van der Waals surface area contributed by atoms with Gasteiger partial charge in [-0.1, -0.05) is 13.8 Å². The zero-order valence-electron chi connectivity index (χ0n) is 10.8. The second kappa shape index (κ2) is 5.15. The molecule has 0 aliphatic carbocycles. The van der Waals surface area contributed by atoms with Crippen LogP contribution in [0, 0.1) is 0 Å². The minimum absolute atomic E-state index is 0.0696. The molecule has 0 spiro atoms. The molecule has 1 rings (SSSR count). The van der Waals surface area contributed by atoms with Gasteiger partial charge >= 0.3 is 0 Å². The molecule has 16 heavy (non-hydrogen) atoms. The average molecular weight is 228 g/mol. The van der Waals surface area contributed by atoms with Crippen LogP contribution in [0.5, 0.6) is 0 Å². The fourth-order valence-corrected chi connectivity index (χ4v) is 2.02. The Kier molecular flexibility index (Phi) is 4.33. The molecule has 0 bridgehead atoms. The van der Waals surface area contributed by atoms with Crippen LogP contribution in [0.4, 0.5) is 0 Å². The van der Waals surface area contributed by atoms with Crippen molar-refractivity contribution in [3.63, 3.8) is 0 Å². The number of ether oxygens (including phenoxy) is 1. The van der Waals surface area contributed by atoms with Crippen LogP contribution >= 0.6 is 0 Å². The number of morpholine rings is 1. The molecule has 0 radical (unpaired) electrons. The molecule has 2 atom stereocenters. The van der Waals surface area contributed by atoms with Crippen LogP contribution < -0.4 is 5.73 Å². The number of carbonyl (C=O) groups is 1. The van der Waals surface area contributed by atoms with Gasteiger partial charge in [0.2, 0.25) is 5.91 Å². The summed E-state index contributed by atoms with van der Waals surface area (Å²) in [5.74, 6) is 0.0696. The molecule has 1 amide bonds. The molecule has 0 saturated carbocycles.